The van der Waals surface area contributed by atoms with Gasteiger partial charge in [-0.25, -0.2) is 9.69 Å². The normalized spacial score (nSPS) is 20.1. The monoisotopic (exact) mass is 546 g/mol. The number of aromatic nitrogens is 2. The molecule has 0 radical (unpaired) electrons. The maximum atomic E-state index is 13.5. The molecular formula is C35H38N4O2. The van der Waals surface area contributed by atoms with Crippen LogP contribution in [0.3, 0.4) is 0 Å². The van der Waals surface area contributed by atoms with E-state index in [0.29, 0.717) is 11.1 Å². The molecule has 2 aliphatic carbocycles. The Labute approximate surface area is 241 Å². The molecule has 6 nitrogen and oxygen atoms in total. The van der Waals surface area contributed by atoms with Crippen LogP contribution in [0.2, 0.25) is 0 Å². The van der Waals surface area contributed by atoms with Crippen LogP contribution < -0.4 is 5.56 Å². The van der Waals surface area contributed by atoms with Gasteiger partial charge < -0.3 is 0 Å². The van der Waals surface area contributed by atoms with Gasteiger partial charge in [0, 0.05) is 11.1 Å². The van der Waals surface area contributed by atoms with Crippen molar-refractivity contribution in [3.63, 3.8) is 0 Å². The summed E-state index contributed by atoms with van der Waals surface area (Å²) >= 11 is 0. The number of hydrazone groups is 1. The summed E-state index contributed by atoms with van der Waals surface area (Å²) in [7, 11) is 0. The van der Waals surface area contributed by atoms with E-state index in [-0.39, 0.29) is 23.6 Å². The topological polar surface area (TPSA) is 70.5 Å². The first-order valence-electron chi connectivity index (χ1n) is 15.1. The van der Waals surface area contributed by atoms with Gasteiger partial charge in [-0.1, -0.05) is 117 Å². The van der Waals surface area contributed by atoms with Crippen LogP contribution in [-0.4, -0.2) is 32.5 Å². The molecule has 1 aromatic heterocycles. The lowest BCUT2D eigenvalue weighted by atomic mass is 9.94. The number of nitrogens with one attached hydrogen (secondary N) is 1. The minimum absolute atomic E-state index is 0.0198. The van der Waals surface area contributed by atoms with Crippen LogP contribution in [0, 0.1) is 0 Å². The van der Waals surface area contributed by atoms with Crippen LogP contribution >= 0.6 is 0 Å². The van der Waals surface area contributed by atoms with Crippen molar-refractivity contribution in [1.29, 1.82) is 0 Å². The van der Waals surface area contributed by atoms with Crippen molar-refractivity contribution in [2.45, 2.75) is 76.3 Å². The predicted octanol–water partition coefficient (Wildman–Crippen LogP) is 7.42. The average Bonchev–Trinajstić information content (AvgIpc) is 3.55. The van der Waals surface area contributed by atoms with E-state index in [0.717, 1.165) is 73.9 Å². The zero-order valence-electron chi connectivity index (χ0n) is 23.5. The number of hydrogen-bond acceptors (Lipinski definition) is 3. The number of carbonyl (C=O) groups excluding carboxylic acids is 1. The molecule has 0 unspecified atom stereocenters. The van der Waals surface area contributed by atoms with Gasteiger partial charge in [0.15, 0.2) is 0 Å². The molecule has 6 rings (SSSR count). The molecule has 1 amide bonds. The van der Waals surface area contributed by atoms with E-state index in [1.54, 1.807) is 5.01 Å². The third kappa shape index (κ3) is 5.83. The summed E-state index contributed by atoms with van der Waals surface area (Å²) in [4.78, 5) is 27.1. The lowest BCUT2D eigenvalue weighted by Gasteiger charge is -2.27. The molecule has 210 valence electrons. The fraction of sp³-hybridized carbons (Fsp3) is 0.343. The van der Waals surface area contributed by atoms with Crippen LogP contribution in [0.1, 0.15) is 81.4 Å². The van der Waals surface area contributed by atoms with Gasteiger partial charge >= 0.3 is 0 Å². The quantitative estimate of drug-likeness (QED) is 0.247. The van der Waals surface area contributed by atoms with Crippen molar-refractivity contribution in [1.82, 2.24) is 14.8 Å². The molecule has 0 atom stereocenters. The van der Waals surface area contributed by atoms with Gasteiger partial charge in [-0.3, -0.25) is 14.7 Å². The van der Waals surface area contributed by atoms with Gasteiger partial charge in [0.2, 0.25) is 0 Å². The number of amides is 1. The summed E-state index contributed by atoms with van der Waals surface area (Å²) in [5.74, 6) is -0.0308. The second-order valence-corrected chi connectivity index (χ2v) is 11.3. The van der Waals surface area contributed by atoms with Gasteiger partial charge in [0.1, 0.15) is 5.71 Å². The van der Waals surface area contributed by atoms with E-state index in [4.69, 9.17) is 5.10 Å². The van der Waals surface area contributed by atoms with Gasteiger partial charge in [-0.15, -0.1) is 0 Å². The number of nitrogens with zero attached hydrogens (tertiary/aromatic N) is 3. The molecule has 2 aromatic carbocycles. The van der Waals surface area contributed by atoms with Crippen LogP contribution in [-0.2, 0) is 4.79 Å². The fourth-order valence-electron chi connectivity index (χ4n) is 6.38. The van der Waals surface area contributed by atoms with Crippen molar-refractivity contribution in [2.24, 2.45) is 5.10 Å². The summed E-state index contributed by atoms with van der Waals surface area (Å²) in [5, 5.41) is 9.98. The summed E-state index contributed by atoms with van der Waals surface area (Å²) in [5.41, 5.74) is 4.79. The maximum absolute atomic E-state index is 13.5. The molecule has 41 heavy (non-hydrogen) atoms. The smallest absolute Gasteiger partial charge is 0.276 e. The summed E-state index contributed by atoms with van der Waals surface area (Å²) < 4.78 is 1.84. The molecule has 6 heteroatoms. The van der Waals surface area contributed by atoms with Gasteiger partial charge in [-0.05, 0) is 37.8 Å². The van der Waals surface area contributed by atoms with Gasteiger partial charge in [-0.2, -0.15) is 5.10 Å². The summed E-state index contributed by atoms with van der Waals surface area (Å²) in [6.07, 6.45) is 20.5. The molecule has 0 bridgehead atoms. The third-order valence-electron chi connectivity index (χ3n) is 8.57. The molecule has 1 aliphatic heterocycles. The van der Waals surface area contributed by atoms with E-state index in [1.807, 2.05) is 95.7 Å². The highest BCUT2D eigenvalue weighted by Gasteiger charge is 2.35. The first-order chi connectivity index (χ1) is 20.2. The number of H-pyrrole nitrogens is 1. The number of allylic oxidation sites excluding steroid dienone is 4. The van der Waals surface area contributed by atoms with Crippen molar-refractivity contribution >= 4 is 17.7 Å². The first-order valence-corrected chi connectivity index (χ1v) is 15.1. The van der Waals surface area contributed by atoms with Gasteiger partial charge in [0.25, 0.3) is 11.5 Å². The largest absolute Gasteiger partial charge is 0.294 e. The minimum atomic E-state index is -0.0308. The Morgan fingerprint density at radius 2 is 1.32 bits per heavy atom. The Morgan fingerprint density at radius 3 is 1.98 bits per heavy atom. The van der Waals surface area contributed by atoms with E-state index < -0.39 is 0 Å². The second-order valence-electron chi connectivity index (χ2n) is 11.3. The Morgan fingerprint density at radius 1 is 0.707 bits per heavy atom. The van der Waals surface area contributed by atoms with E-state index in [9.17, 15) is 9.59 Å². The Hall–Kier alpha value is -4.19. The second kappa shape index (κ2) is 12.5. The van der Waals surface area contributed by atoms with Crippen LogP contribution in [0.5, 0.6) is 0 Å². The van der Waals surface area contributed by atoms with E-state index >= 15 is 0 Å². The summed E-state index contributed by atoms with van der Waals surface area (Å²) in [6.45, 7) is 0. The number of carbonyl (C=O) groups is 1. The molecule has 0 saturated heterocycles. The van der Waals surface area contributed by atoms with Crippen LogP contribution in [0.25, 0.3) is 17.3 Å². The number of benzene rings is 2. The van der Waals surface area contributed by atoms with Gasteiger partial charge in [0.05, 0.1) is 28.9 Å². The highest BCUT2D eigenvalue weighted by atomic mass is 16.2. The van der Waals surface area contributed by atoms with E-state index in [1.165, 1.54) is 12.8 Å². The molecule has 2 saturated carbocycles. The maximum Gasteiger partial charge on any atom is 0.276 e. The molecule has 0 spiro atoms. The zero-order valence-corrected chi connectivity index (χ0v) is 23.5. The van der Waals surface area contributed by atoms with E-state index in [2.05, 4.69) is 5.10 Å². The third-order valence-corrected chi connectivity index (χ3v) is 8.57. The van der Waals surface area contributed by atoms with Crippen molar-refractivity contribution in [2.75, 3.05) is 0 Å². The lowest BCUT2D eigenvalue weighted by Crippen LogP contribution is -2.35. The highest BCUT2D eigenvalue weighted by molar-refractivity contribution is 6.31. The molecular weight excluding hydrogens is 508 g/mol. The SMILES string of the molecule is O=C1C(=CC=CC=Cc2c(-c3ccccc3)[nH]n(C3CCCCC3)c2=O)C(c2ccccc2)=NN1C1CCCCC1. The Bertz CT molecular complexity index is 1530. The van der Waals surface area contributed by atoms with Crippen LogP contribution in [0.4, 0.5) is 0 Å². The van der Waals surface area contributed by atoms with Crippen molar-refractivity contribution in [3.8, 4) is 11.3 Å². The first kappa shape index (κ1) is 27.0. The number of rotatable bonds is 7. The van der Waals surface area contributed by atoms with Crippen molar-refractivity contribution < 1.29 is 4.79 Å². The Balaban J connectivity index is 1.27. The van der Waals surface area contributed by atoms with Crippen LogP contribution in [0.15, 0.2) is 100 Å². The molecule has 2 fully saturated rings. The predicted molar refractivity (Wildman–Crippen MR) is 166 cm³/mol. The summed E-state index contributed by atoms with van der Waals surface area (Å²) in [6, 6.07) is 20.3. The minimum Gasteiger partial charge on any atom is -0.294 e. The fourth-order valence-corrected chi connectivity index (χ4v) is 6.38. The molecule has 2 heterocycles. The Kier molecular flexibility index (Phi) is 8.26. The lowest BCUT2D eigenvalue weighted by molar-refractivity contribution is -0.128. The average molecular weight is 547 g/mol. The standard InChI is InChI=1S/C35H38N4O2/c40-34-30(32(26-16-6-1-7-17-26)36-38(34)28-20-10-3-11-21-28)24-14-5-15-25-31-33(27-18-8-2-9-19-27)37-39(35(31)41)29-22-12-4-13-23-29/h1-2,5-9,14-19,24-25,28-29,36H,3-4,10-13,20-23H2. The molecule has 3 aromatic rings. The van der Waals surface area contributed by atoms with Crippen molar-refractivity contribution in [3.05, 3.63) is 112 Å². The zero-order chi connectivity index (χ0) is 28.0. The number of aromatic amines is 1. The molecule has 3 aliphatic rings. The highest BCUT2D eigenvalue weighted by Crippen LogP contribution is 2.30. The number of hydrogen-bond donors (Lipinski definition) is 1. The molecule has 1 N–H and O–H groups in total.